The first-order valence-corrected chi connectivity index (χ1v) is 12.3. The van der Waals surface area contributed by atoms with E-state index in [9.17, 15) is 17.6 Å². The van der Waals surface area contributed by atoms with Crippen molar-refractivity contribution in [3.8, 4) is 5.75 Å². The fourth-order valence-corrected chi connectivity index (χ4v) is 5.11. The predicted octanol–water partition coefficient (Wildman–Crippen LogP) is 4.76. The molecule has 0 aliphatic heterocycles. The molecule has 0 saturated carbocycles. The molecular weight excluding hydrogens is 479 g/mol. The molecule has 0 spiro atoms. The minimum atomic E-state index is -4.18. The Hall–Kier alpha value is -2.94. The normalized spacial score (nSPS) is 11.5. The van der Waals surface area contributed by atoms with E-state index in [-0.39, 0.29) is 27.8 Å². The maximum Gasteiger partial charge on any atom is 0.340 e. The monoisotopic (exact) mass is 504 g/mol. The van der Waals surface area contributed by atoms with E-state index in [1.54, 1.807) is 43.3 Å². The lowest BCUT2D eigenvalue weighted by Gasteiger charge is -2.25. The van der Waals surface area contributed by atoms with Gasteiger partial charge in [0, 0.05) is 19.6 Å². The number of rotatable bonds is 9. The third-order valence-corrected chi connectivity index (χ3v) is 6.98. The third kappa shape index (κ3) is 6.34. The van der Waals surface area contributed by atoms with Crippen LogP contribution in [0.3, 0.4) is 0 Å². The van der Waals surface area contributed by atoms with Crippen LogP contribution in [0.25, 0.3) is 0 Å². The number of amides is 1. The molecule has 0 unspecified atom stereocenters. The molecule has 6 nitrogen and oxygen atoms in total. The van der Waals surface area contributed by atoms with Crippen molar-refractivity contribution in [2.24, 2.45) is 0 Å². The molecule has 0 aliphatic rings. The smallest absolute Gasteiger partial charge is 0.340 e. The van der Waals surface area contributed by atoms with E-state index in [0.717, 1.165) is 0 Å². The minimum Gasteiger partial charge on any atom is -0.379 e. The summed E-state index contributed by atoms with van der Waals surface area (Å²) in [4.78, 5) is 16.4. The molecule has 0 bridgehead atoms. The van der Waals surface area contributed by atoms with Crippen LogP contribution in [0.4, 0.5) is 4.39 Å². The van der Waals surface area contributed by atoms with Crippen LogP contribution in [0.1, 0.15) is 21.5 Å². The molecule has 0 aliphatic carbocycles. The van der Waals surface area contributed by atoms with E-state index in [1.807, 2.05) is 19.0 Å². The molecule has 3 aromatic rings. The zero-order chi connectivity index (χ0) is 24.9. The summed E-state index contributed by atoms with van der Waals surface area (Å²) in [6.07, 6.45) is 0. The Balaban J connectivity index is 1.86. The highest BCUT2D eigenvalue weighted by Crippen LogP contribution is 2.28. The first-order chi connectivity index (χ1) is 16.1. The summed E-state index contributed by atoms with van der Waals surface area (Å²) < 4.78 is 45.3. The average Bonchev–Trinajstić information content (AvgIpc) is 2.76. The zero-order valence-electron chi connectivity index (χ0n) is 19.2. The van der Waals surface area contributed by atoms with Crippen molar-refractivity contribution < 1.29 is 21.8 Å². The quantitative estimate of drug-likeness (QED) is 0.393. The van der Waals surface area contributed by atoms with E-state index in [1.165, 1.54) is 35.2 Å². The van der Waals surface area contributed by atoms with Gasteiger partial charge < -0.3 is 14.0 Å². The van der Waals surface area contributed by atoms with E-state index < -0.39 is 21.8 Å². The van der Waals surface area contributed by atoms with Crippen molar-refractivity contribution in [3.63, 3.8) is 0 Å². The van der Waals surface area contributed by atoms with Crippen molar-refractivity contribution in [1.82, 2.24) is 9.80 Å². The van der Waals surface area contributed by atoms with Gasteiger partial charge in [0.15, 0.2) is 0 Å². The van der Waals surface area contributed by atoms with E-state index in [4.69, 9.17) is 15.8 Å². The number of carbonyl (C=O) groups is 1. The number of carbonyl (C=O) groups excluding carboxylic acids is 1. The molecule has 9 heteroatoms. The summed E-state index contributed by atoms with van der Waals surface area (Å²) in [5, 5.41) is 0.0708. The van der Waals surface area contributed by atoms with Gasteiger partial charge in [-0.05, 0) is 62.5 Å². The van der Waals surface area contributed by atoms with Crippen LogP contribution in [0, 0.1) is 12.7 Å². The van der Waals surface area contributed by atoms with Crippen LogP contribution < -0.4 is 4.18 Å². The van der Waals surface area contributed by atoms with Crippen molar-refractivity contribution in [2.45, 2.75) is 18.4 Å². The molecule has 180 valence electrons. The minimum absolute atomic E-state index is 0.0227. The van der Waals surface area contributed by atoms with E-state index in [0.29, 0.717) is 24.2 Å². The van der Waals surface area contributed by atoms with Gasteiger partial charge in [0.25, 0.3) is 5.91 Å². The molecule has 34 heavy (non-hydrogen) atoms. The number of halogens is 2. The van der Waals surface area contributed by atoms with Gasteiger partial charge in [0.1, 0.15) is 16.5 Å². The summed E-state index contributed by atoms with van der Waals surface area (Å²) in [5.74, 6) is -0.964. The summed E-state index contributed by atoms with van der Waals surface area (Å²) in [7, 11) is -0.422. The molecule has 0 radical (unpaired) electrons. The predicted molar refractivity (Wildman–Crippen MR) is 130 cm³/mol. The first kappa shape index (κ1) is 25.7. The standard InChI is InChI=1S/C25H26ClFN2O4S/c1-18-8-6-12-22(26)24(18)34(31,32)33-20-10-7-9-19(16-20)17-29(15-14-28(2)3)25(30)21-11-4-5-13-23(21)27/h4-13,16H,14-15,17H2,1-3H3. The maximum absolute atomic E-state index is 14.3. The number of benzene rings is 3. The average molecular weight is 505 g/mol. The lowest BCUT2D eigenvalue weighted by Crippen LogP contribution is -2.36. The summed E-state index contributed by atoms with van der Waals surface area (Å²) in [6, 6.07) is 17.0. The molecule has 3 rings (SSSR count). The van der Waals surface area contributed by atoms with E-state index >= 15 is 0 Å². The number of likely N-dealkylation sites (N-methyl/N-ethyl adjacent to an activating group) is 1. The maximum atomic E-state index is 14.3. The molecule has 0 fully saturated rings. The Morgan fingerprint density at radius 3 is 2.38 bits per heavy atom. The molecule has 1 amide bonds. The van der Waals surface area contributed by atoms with Crippen molar-refractivity contribution >= 4 is 27.6 Å². The Kier molecular flexibility index (Phi) is 8.30. The van der Waals surface area contributed by atoms with Crippen molar-refractivity contribution in [2.75, 3.05) is 27.2 Å². The fourth-order valence-electron chi connectivity index (χ4n) is 3.40. The highest BCUT2D eigenvalue weighted by molar-refractivity contribution is 7.87. The van der Waals surface area contributed by atoms with Crippen LogP contribution in [0.2, 0.25) is 5.02 Å². The number of hydrogen-bond donors (Lipinski definition) is 0. The second-order valence-electron chi connectivity index (χ2n) is 8.08. The first-order valence-electron chi connectivity index (χ1n) is 10.6. The SMILES string of the molecule is Cc1cccc(Cl)c1S(=O)(=O)Oc1cccc(CN(CCN(C)C)C(=O)c2ccccc2F)c1. The third-order valence-electron chi connectivity index (χ3n) is 5.10. The van der Waals surface area contributed by atoms with Crippen LogP contribution >= 0.6 is 11.6 Å². The second kappa shape index (κ2) is 11.0. The summed E-state index contributed by atoms with van der Waals surface area (Å²) in [6.45, 7) is 2.69. The van der Waals surface area contributed by atoms with Gasteiger partial charge in [-0.3, -0.25) is 4.79 Å². The highest BCUT2D eigenvalue weighted by Gasteiger charge is 2.24. The van der Waals surface area contributed by atoms with Crippen LogP contribution in [-0.4, -0.2) is 51.3 Å². The number of aryl methyl sites for hydroxylation is 1. The number of nitrogens with zero attached hydrogens (tertiary/aromatic N) is 2. The molecule has 0 N–H and O–H groups in total. The largest absolute Gasteiger partial charge is 0.379 e. The van der Waals surface area contributed by atoms with Gasteiger partial charge in [-0.2, -0.15) is 8.42 Å². The Morgan fingerprint density at radius 1 is 1.00 bits per heavy atom. The van der Waals surface area contributed by atoms with Gasteiger partial charge in [0.05, 0.1) is 10.6 Å². The summed E-state index contributed by atoms with van der Waals surface area (Å²) >= 11 is 6.11. The van der Waals surface area contributed by atoms with Crippen LogP contribution in [-0.2, 0) is 16.7 Å². The Labute approximate surface area is 204 Å². The molecule has 0 aromatic heterocycles. The van der Waals surface area contributed by atoms with E-state index in [2.05, 4.69) is 0 Å². The zero-order valence-corrected chi connectivity index (χ0v) is 20.7. The highest BCUT2D eigenvalue weighted by atomic mass is 35.5. The van der Waals surface area contributed by atoms with Gasteiger partial charge in [-0.25, -0.2) is 4.39 Å². The van der Waals surface area contributed by atoms with Crippen molar-refractivity contribution in [1.29, 1.82) is 0 Å². The Bertz CT molecular complexity index is 1260. The van der Waals surface area contributed by atoms with Gasteiger partial charge in [-0.15, -0.1) is 0 Å². The molecule has 3 aromatic carbocycles. The van der Waals surface area contributed by atoms with Gasteiger partial charge in [0.2, 0.25) is 0 Å². The van der Waals surface area contributed by atoms with Crippen LogP contribution in [0.5, 0.6) is 5.75 Å². The lowest BCUT2D eigenvalue weighted by molar-refractivity contribution is 0.0727. The molecule has 0 heterocycles. The fraction of sp³-hybridized carbons (Fsp3) is 0.240. The van der Waals surface area contributed by atoms with Crippen molar-refractivity contribution in [3.05, 3.63) is 94.3 Å². The van der Waals surface area contributed by atoms with Gasteiger partial charge >= 0.3 is 10.1 Å². The summed E-state index contributed by atoms with van der Waals surface area (Å²) in [5.41, 5.74) is 1.08. The lowest BCUT2D eigenvalue weighted by atomic mass is 10.1. The molecule has 0 saturated heterocycles. The number of hydrogen-bond acceptors (Lipinski definition) is 5. The van der Waals surface area contributed by atoms with Gasteiger partial charge in [-0.1, -0.05) is 48.0 Å². The Morgan fingerprint density at radius 2 is 1.71 bits per heavy atom. The van der Waals surface area contributed by atoms with Crippen LogP contribution in [0.15, 0.2) is 71.6 Å². The molecular formula is C25H26ClFN2O4S. The topological polar surface area (TPSA) is 66.9 Å². The molecule has 0 atom stereocenters. The second-order valence-corrected chi connectivity index (χ2v) is 9.97.